The monoisotopic (exact) mass is 414 g/mol. The average Bonchev–Trinajstić information content (AvgIpc) is 3.24. The van der Waals surface area contributed by atoms with Gasteiger partial charge in [-0.3, -0.25) is 4.79 Å². The largest absolute Gasteiger partial charge is 0.436 e. The van der Waals surface area contributed by atoms with Crippen molar-refractivity contribution in [1.82, 2.24) is 19.9 Å². The van der Waals surface area contributed by atoms with E-state index in [0.717, 1.165) is 37.0 Å². The number of aromatic nitrogens is 4. The molecule has 0 radical (unpaired) electrons. The van der Waals surface area contributed by atoms with Crippen LogP contribution < -0.4 is 15.4 Å². The fourth-order valence-corrected chi connectivity index (χ4v) is 3.79. The van der Waals surface area contributed by atoms with Crippen molar-refractivity contribution in [1.29, 1.82) is 0 Å². The second-order valence-corrected chi connectivity index (χ2v) is 7.59. The molecule has 8 heteroatoms. The van der Waals surface area contributed by atoms with Crippen LogP contribution in [0.2, 0.25) is 0 Å². The van der Waals surface area contributed by atoms with Crippen molar-refractivity contribution in [3.8, 4) is 11.6 Å². The number of carbonyl (C=O) groups excluding carboxylic acids is 1. The Kier molecular flexibility index (Phi) is 5.05. The number of ether oxygens (including phenoxy) is 1. The van der Waals surface area contributed by atoms with E-state index in [9.17, 15) is 4.79 Å². The van der Waals surface area contributed by atoms with Gasteiger partial charge in [-0.15, -0.1) is 0 Å². The Morgan fingerprint density at radius 2 is 1.90 bits per heavy atom. The zero-order chi connectivity index (χ0) is 21.2. The summed E-state index contributed by atoms with van der Waals surface area (Å²) >= 11 is 0. The third-order valence-corrected chi connectivity index (χ3v) is 5.34. The van der Waals surface area contributed by atoms with E-state index in [1.165, 1.54) is 0 Å². The van der Waals surface area contributed by atoms with Crippen molar-refractivity contribution < 1.29 is 9.53 Å². The van der Waals surface area contributed by atoms with Crippen LogP contribution in [0.5, 0.6) is 11.6 Å². The predicted octanol–water partition coefficient (Wildman–Crippen LogP) is 3.30. The highest BCUT2D eigenvalue weighted by atomic mass is 16.5. The molecule has 1 atom stereocenters. The third-order valence-electron chi connectivity index (χ3n) is 5.34. The molecular weight excluding hydrogens is 392 g/mol. The van der Waals surface area contributed by atoms with Crippen molar-refractivity contribution in [2.45, 2.75) is 18.9 Å². The number of nitrogens with two attached hydrogens (primary N) is 1. The second kappa shape index (κ2) is 8.16. The fourth-order valence-electron chi connectivity index (χ4n) is 3.79. The van der Waals surface area contributed by atoms with E-state index in [2.05, 4.69) is 24.8 Å². The molecule has 1 aliphatic heterocycles. The molecule has 4 aromatic rings. The van der Waals surface area contributed by atoms with Gasteiger partial charge in [-0.1, -0.05) is 12.1 Å². The molecule has 1 aliphatic rings. The molecule has 1 unspecified atom stereocenters. The number of nitrogens with zero attached hydrogens (tertiary/aromatic N) is 4. The molecule has 2 aromatic carbocycles. The summed E-state index contributed by atoms with van der Waals surface area (Å²) < 4.78 is 6.00. The van der Waals surface area contributed by atoms with Gasteiger partial charge in [-0.2, -0.15) is 0 Å². The SMILES string of the molecule is NC1CCCN(c2nccnc2Oc2ccc(C(=O)c3nc4ccccc4[nH]3)cc2)C1. The molecular formula is C23H22N6O2. The Labute approximate surface area is 179 Å². The summed E-state index contributed by atoms with van der Waals surface area (Å²) in [6.45, 7) is 1.59. The van der Waals surface area contributed by atoms with Crippen LogP contribution in [0, 0.1) is 0 Å². The summed E-state index contributed by atoms with van der Waals surface area (Å²) in [4.78, 5) is 31.2. The quantitative estimate of drug-likeness (QED) is 0.482. The van der Waals surface area contributed by atoms with E-state index in [-0.39, 0.29) is 11.8 Å². The number of hydrogen-bond acceptors (Lipinski definition) is 7. The maximum atomic E-state index is 12.8. The summed E-state index contributed by atoms with van der Waals surface area (Å²) in [6, 6.07) is 14.6. The summed E-state index contributed by atoms with van der Waals surface area (Å²) in [6.07, 6.45) is 5.27. The molecule has 3 N–H and O–H groups in total. The fraction of sp³-hybridized carbons (Fsp3) is 0.217. The molecule has 2 aromatic heterocycles. The van der Waals surface area contributed by atoms with E-state index in [0.29, 0.717) is 28.8 Å². The Morgan fingerprint density at radius 1 is 1.10 bits per heavy atom. The number of hydrogen-bond donors (Lipinski definition) is 2. The van der Waals surface area contributed by atoms with Gasteiger partial charge in [-0.25, -0.2) is 15.0 Å². The molecule has 0 spiro atoms. The number of para-hydroxylation sites is 2. The first-order valence-electron chi connectivity index (χ1n) is 10.3. The highest BCUT2D eigenvalue weighted by molar-refractivity contribution is 6.08. The molecule has 3 heterocycles. The van der Waals surface area contributed by atoms with Gasteiger partial charge >= 0.3 is 0 Å². The van der Waals surface area contributed by atoms with Gasteiger partial charge in [0, 0.05) is 37.1 Å². The lowest BCUT2D eigenvalue weighted by molar-refractivity contribution is 0.103. The molecule has 0 bridgehead atoms. The summed E-state index contributed by atoms with van der Waals surface area (Å²) in [5, 5.41) is 0. The molecule has 5 rings (SSSR count). The predicted molar refractivity (Wildman–Crippen MR) is 117 cm³/mol. The smallest absolute Gasteiger partial charge is 0.263 e. The van der Waals surface area contributed by atoms with Crippen LogP contribution in [0.15, 0.2) is 60.9 Å². The number of ketones is 1. The molecule has 8 nitrogen and oxygen atoms in total. The van der Waals surface area contributed by atoms with Crippen molar-refractivity contribution in [2.24, 2.45) is 5.73 Å². The van der Waals surface area contributed by atoms with E-state index in [4.69, 9.17) is 10.5 Å². The molecule has 1 fully saturated rings. The summed E-state index contributed by atoms with van der Waals surface area (Å²) in [7, 11) is 0. The van der Waals surface area contributed by atoms with E-state index in [1.807, 2.05) is 24.3 Å². The van der Waals surface area contributed by atoms with Crippen molar-refractivity contribution in [2.75, 3.05) is 18.0 Å². The van der Waals surface area contributed by atoms with Crippen LogP contribution in [0.1, 0.15) is 29.0 Å². The Bertz CT molecular complexity index is 1190. The van der Waals surface area contributed by atoms with Gasteiger partial charge in [0.25, 0.3) is 5.88 Å². The number of rotatable bonds is 5. The van der Waals surface area contributed by atoms with Gasteiger partial charge < -0.3 is 20.4 Å². The maximum absolute atomic E-state index is 12.8. The number of nitrogens with one attached hydrogen (secondary N) is 1. The lowest BCUT2D eigenvalue weighted by Gasteiger charge is -2.32. The van der Waals surface area contributed by atoms with E-state index < -0.39 is 0 Å². The first kappa shape index (κ1) is 19.2. The highest BCUT2D eigenvalue weighted by Crippen LogP contribution is 2.30. The molecule has 0 amide bonds. The first-order valence-corrected chi connectivity index (χ1v) is 10.3. The summed E-state index contributed by atoms with van der Waals surface area (Å²) in [5.74, 6) is 1.81. The van der Waals surface area contributed by atoms with Gasteiger partial charge in [0.2, 0.25) is 5.78 Å². The van der Waals surface area contributed by atoms with Crippen molar-refractivity contribution >= 4 is 22.6 Å². The van der Waals surface area contributed by atoms with Gasteiger partial charge in [0.05, 0.1) is 11.0 Å². The van der Waals surface area contributed by atoms with Crippen LogP contribution in [0.4, 0.5) is 5.82 Å². The molecule has 156 valence electrons. The lowest BCUT2D eigenvalue weighted by atomic mass is 10.1. The normalized spacial score (nSPS) is 16.4. The van der Waals surface area contributed by atoms with Crippen LogP contribution in [0.3, 0.4) is 0 Å². The van der Waals surface area contributed by atoms with Crippen LogP contribution >= 0.6 is 0 Å². The molecule has 0 saturated carbocycles. The standard InChI is InChI=1S/C23H22N6O2/c24-16-4-3-13-29(14-16)22-23(26-12-11-25-22)31-17-9-7-15(8-10-17)20(30)21-27-18-5-1-2-6-19(18)28-21/h1-2,5-12,16H,3-4,13-14,24H2,(H,27,28). The van der Waals surface area contributed by atoms with E-state index >= 15 is 0 Å². The number of fused-ring (bicyclic) bond motifs is 1. The lowest BCUT2D eigenvalue weighted by Crippen LogP contribution is -2.43. The Hall–Kier alpha value is -3.78. The number of aromatic amines is 1. The third kappa shape index (κ3) is 3.97. The number of carbonyl (C=O) groups is 1. The Morgan fingerprint density at radius 3 is 2.71 bits per heavy atom. The number of benzene rings is 2. The number of H-pyrrole nitrogens is 1. The summed E-state index contributed by atoms with van der Waals surface area (Å²) in [5.41, 5.74) is 8.23. The maximum Gasteiger partial charge on any atom is 0.263 e. The first-order chi connectivity index (χ1) is 15.2. The van der Waals surface area contributed by atoms with Crippen LogP contribution in [-0.2, 0) is 0 Å². The Balaban J connectivity index is 1.34. The number of piperidine rings is 1. The topological polar surface area (TPSA) is 110 Å². The van der Waals surface area contributed by atoms with E-state index in [1.54, 1.807) is 36.7 Å². The van der Waals surface area contributed by atoms with Crippen LogP contribution in [0.25, 0.3) is 11.0 Å². The second-order valence-electron chi connectivity index (χ2n) is 7.59. The van der Waals surface area contributed by atoms with Crippen LogP contribution in [-0.4, -0.2) is 44.9 Å². The minimum atomic E-state index is -0.176. The zero-order valence-corrected chi connectivity index (χ0v) is 16.9. The number of imidazole rings is 1. The molecule has 1 saturated heterocycles. The minimum Gasteiger partial charge on any atom is -0.436 e. The zero-order valence-electron chi connectivity index (χ0n) is 16.9. The highest BCUT2D eigenvalue weighted by Gasteiger charge is 2.22. The molecule has 31 heavy (non-hydrogen) atoms. The van der Waals surface area contributed by atoms with Crippen molar-refractivity contribution in [3.05, 3.63) is 72.3 Å². The van der Waals surface area contributed by atoms with Gasteiger partial charge in [0.15, 0.2) is 11.6 Å². The molecule has 0 aliphatic carbocycles. The minimum absolute atomic E-state index is 0.118. The number of anilines is 1. The average molecular weight is 414 g/mol. The van der Waals surface area contributed by atoms with Crippen molar-refractivity contribution in [3.63, 3.8) is 0 Å². The van der Waals surface area contributed by atoms with Gasteiger partial charge in [-0.05, 0) is 49.2 Å². The van der Waals surface area contributed by atoms with Gasteiger partial charge in [0.1, 0.15) is 5.75 Å².